The summed E-state index contributed by atoms with van der Waals surface area (Å²) >= 11 is 0. The van der Waals surface area contributed by atoms with Crippen LogP contribution in [0.4, 0.5) is 0 Å². The summed E-state index contributed by atoms with van der Waals surface area (Å²) < 4.78 is 10.5. The van der Waals surface area contributed by atoms with E-state index in [-0.39, 0.29) is 25.1 Å². The Balaban J connectivity index is 0.00000162. The predicted molar refractivity (Wildman–Crippen MR) is 70.0 cm³/mol. The molecule has 1 aromatic carbocycles. The number of nitrogens with zero attached hydrogens (tertiary/aromatic N) is 1. The molecular weight excluding hydrogens is 256 g/mol. The van der Waals surface area contributed by atoms with Crippen LogP contribution in [0.25, 0.3) is 0 Å². The van der Waals surface area contributed by atoms with Crippen LogP contribution in [0.3, 0.4) is 0 Å². The SMILES string of the molecule is CN(Cc1ccc2c(c1)OCO2)C(=O)CCN.Cl. The van der Waals surface area contributed by atoms with Gasteiger partial charge >= 0.3 is 0 Å². The number of ether oxygens (including phenoxy) is 2. The first-order chi connectivity index (χ1) is 8.20. The average molecular weight is 273 g/mol. The van der Waals surface area contributed by atoms with Crippen molar-refractivity contribution >= 4 is 18.3 Å². The molecule has 2 rings (SSSR count). The highest BCUT2D eigenvalue weighted by molar-refractivity contribution is 5.85. The van der Waals surface area contributed by atoms with Gasteiger partial charge in [-0.15, -0.1) is 12.4 Å². The van der Waals surface area contributed by atoms with Crippen molar-refractivity contribution in [3.05, 3.63) is 23.8 Å². The average Bonchev–Trinajstić information content (AvgIpc) is 2.76. The molecule has 0 aliphatic carbocycles. The molecule has 1 heterocycles. The number of rotatable bonds is 4. The van der Waals surface area contributed by atoms with Gasteiger partial charge in [-0.3, -0.25) is 4.79 Å². The molecule has 6 heteroatoms. The van der Waals surface area contributed by atoms with Crippen molar-refractivity contribution in [2.75, 3.05) is 20.4 Å². The first-order valence-corrected chi connectivity index (χ1v) is 5.53. The molecular formula is C12H17ClN2O3. The lowest BCUT2D eigenvalue weighted by Crippen LogP contribution is -2.27. The van der Waals surface area contributed by atoms with Crippen LogP contribution in [-0.2, 0) is 11.3 Å². The van der Waals surface area contributed by atoms with Crippen LogP contribution in [0.15, 0.2) is 18.2 Å². The zero-order valence-corrected chi connectivity index (χ0v) is 11.0. The van der Waals surface area contributed by atoms with Crippen LogP contribution in [-0.4, -0.2) is 31.2 Å². The predicted octanol–water partition coefficient (Wildman–Crippen LogP) is 1.14. The zero-order valence-electron chi connectivity index (χ0n) is 10.2. The van der Waals surface area contributed by atoms with E-state index in [1.165, 1.54) is 0 Å². The van der Waals surface area contributed by atoms with Crippen LogP contribution in [0.5, 0.6) is 11.5 Å². The topological polar surface area (TPSA) is 64.8 Å². The smallest absolute Gasteiger partial charge is 0.231 e. The lowest BCUT2D eigenvalue weighted by Gasteiger charge is -2.17. The van der Waals surface area contributed by atoms with Crippen LogP contribution < -0.4 is 15.2 Å². The third-order valence-electron chi connectivity index (χ3n) is 2.64. The van der Waals surface area contributed by atoms with E-state index in [4.69, 9.17) is 15.2 Å². The highest BCUT2D eigenvalue weighted by atomic mass is 35.5. The molecule has 5 nitrogen and oxygen atoms in total. The fraction of sp³-hybridized carbons (Fsp3) is 0.417. The summed E-state index contributed by atoms with van der Waals surface area (Å²) in [5.74, 6) is 1.54. The standard InChI is InChI=1S/C12H16N2O3.ClH/c1-14(12(15)4-5-13)7-9-2-3-10-11(6-9)17-8-16-10;/h2-3,6H,4-5,7-8,13H2,1H3;1H. The minimum Gasteiger partial charge on any atom is -0.454 e. The van der Waals surface area contributed by atoms with Gasteiger partial charge in [-0.25, -0.2) is 0 Å². The number of carbonyl (C=O) groups is 1. The Morgan fingerprint density at radius 2 is 2.11 bits per heavy atom. The first-order valence-electron chi connectivity index (χ1n) is 5.53. The molecule has 1 aromatic rings. The number of hydrogen-bond acceptors (Lipinski definition) is 4. The van der Waals surface area contributed by atoms with Gasteiger partial charge in [0.05, 0.1) is 0 Å². The summed E-state index contributed by atoms with van der Waals surface area (Å²) in [5, 5.41) is 0. The van der Waals surface area contributed by atoms with Gasteiger partial charge < -0.3 is 20.1 Å². The fourth-order valence-corrected chi connectivity index (χ4v) is 1.72. The van der Waals surface area contributed by atoms with Crippen molar-refractivity contribution in [1.82, 2.24) is 4.90 Å². The minimum atomic E-state index is 0. The Morgan fingerprint density at radius 1 is 1.39 bits per heavy atom. The molecule has 0 aromatic heterocycles. The van der Waals surface area contributed by atoms with Crippen LogP contribution in [0.1, 0.15) is 12.0 Å². The van der Waals surface area contributed by atoms with Crippen molar-refractivity contribution in [2.45, 2.75) is 13.0 Å². The van der Waals surface area contributed by atoms with E-state index >= 15 is 0 Å². The van der Waals surface area contributed by atoms with Crippen molar-refractivity contribution in [3.63, 3.8) is 0 Å². The van der Waals surface area contributed by atoms with E-state index < -0.39 is 0 Å². The van der Waals surface area contributed by atoms with Crippen molar-refractivity contribution in [1.29, 1.82) is 0 Å². The summed E-state index contributed by atoms with van der Waals surface area (Å²) in [5.41, 5.74) is 6.37. The second-order valence-electron chi connectivity index (χ2n) is 3.98. The molecule has 1 aliphatic rings. The third-order valence-corrected chi connectivity index (χ3v) is 2.64. The number of fused-ring (bicyclic) bond motifs is 1. The Kier molecular flexibility index (Phi) is 5.25. The molecule has 0 saturated heterocycles. The van der Waals surface area contributed by atoms with Crippen LogP contribution in [0.2, 0.25) is 0 Å². The molecule has 0 atom stereocenters. The maximum Gasteiger partial charge on any atom is 0.231 e. The molecule has 18 heavy (non-hydrogen) atoms. The Bertz CT molecular complexity index is 426. The van der Waals surface area contributed by atoms with E-state index in [2.05, 4.69) is 0 Å². The lowest BCUT2D eigenvalue weighted by atomic mass is 10.2. The summed E-state index contributed by atoms with van der Waals surface area (Å²) in [6.07, 6.45) is 0.376. The molecule has 2 N–H and O–H groups in total. The Hall–Kier alpha value is -1.46. The van der Waals surface area contributed by atoms with E-state index in [0.717, 1.165) is 17.1 Å². The van der Waals surface area contributed by atoms with Gasteiger partial charge in [0.25, 0.3) is 0 Å². The number of halogens is 1. The highest BCUT2D eigenvalue weighted by Crippen LogP contribution is 2.32. The molecule has 0 saturated carbocycles. The monoisotopic (exact) mass is 272 g/mol. The number of benzene rings is 1. The maximum absolute atomic E-state index is 11.6. The van der Waals surface area contributed by atoms with E-state index in [1.807, 2.05) is 18.2 Å². The summed E-state index contributed by atoms with van der Waals surface area (Å²) in [7, 11) is 1.77. The quantitative estimate of drug-likeness (QED) is 0.893. The summed E-state index contributed by atoms with van der Waals surface area (Å²) in [6, 6.07) is 5.69. The second-order valence-corrected chi connectivity index (χ2v) is 3.98. The van der Waals surface area contributed by atoms with Crippen LogP contribution >= 0.6 is 12.4 Å². The second kappa shape index (κ2) is 6.47. The van der Waals surface area contributed by atoms with Gasteiger partial charge in [-0.2, -0.15) is 0 Å². The molecule has 0 bridgehead atoms. The number of carbonyl (C=O) groups excluding carboxylic acids is 1. The molecule has 0 fully saturated rings. The Labute approximate surface area is 112 Å². The van der Waals surface area contributed by atoms with Crippen LogP contribution in [0, 0.1) is 0 Å². The number of hydrogen-bond donors (Lipinski definition) is 1. The van der Waals surface area contributed by atoms with Gasteiger partial charge in [0.1, 0.15) is 0 Å². The zero-order chi connectivity index (χ0) is 12.3. The number of amides is 1. The van der Waals surface area contributed by atoms with E-state index in [1.54, 1.807) is 11.9 Å². The van der Waals surface area contributed by atoms with Gasteiger partial charge in [-0.05, 0) is 17.7 Å². The third kappa shape index (κ3) is 3.27. The normalized spacial score (nSPS) is 11.9. The van der Waals surface area contributed by atoms with Crippen molar-refractivity contribution in [3.8, 4) is 11.5 Å². The summed E-state index contributed by atoms with van der Waals surface area (Å²) in [6.45, 7) is 1.19. The molecule has 1 amide bonds. The molecule has 0 spiro atoms. The first kappa shape index (κ1) is 14.6. The van der Waals surface area contributed by atoms with E-state index in [9.17, 15) is 4.79 Å². The molecule has 0 unspecified atom stereocenters. The minimum absolute atomic E-state index is 0. The van der Waals surface area contributed by atoms with Crippen molar-refractivity contribution < 1.29 is 14.3 Å². The van der Waals surface area contributed by atoms with E-state index in [0.29, 0.717) is 19.5 Å². The van der Waals surface area contributed by atoms with Gasteiger partial charge in [0.2, 0.25) is 12.7 Å². The number of nitrogens with two attached hydrogens (primary N) is 1. The largest absolute Gasteiger partial charge is 0.454 e. The molecule has 100 valence electrons. The van der Waals surface area contributed by atoms with Gasteiger partial charge in [0.15, 0.2) is 11.5 Å². The summed E-state index contributed by atoms with van der Waals surface area (Å²) in [4.78, 5) is 13.2. The molecule has 0 radical (unpaired) electrons. The van der Waals surface area contributed by atoms with Crippen molar-refractivity contribution in [2.24, 2.45) is 5.73 Å². The maximum atomic E-state index is 11.6. The molecule has 1 aliphatic heterocycles. The van der Waals surface area contributed by atoms with Gasteiger partial charge in [-0.1, -0.05) is 6.07 Å². The van der Waals surface area contributed by atoms with Gasteiger partial charge in [0, 0.05) is 26.6 Å². The fourth-order valence-electron chi connectivity index (χ4n) is 1.72. The Morgan fingerprint density at radius 3 is 2.83 bits per heavy atom. The lowest BCUT2D eigenvalue weighted by molar-refractivity contribution is -0.130. The highest BCUT2D eigenvalue weighted by Gasteiger charge is 2.14.